The summed E-state index contributed by atoms with van der Waals surface area (Å²) >= 11 is 6.07. The fourth-order valence-corrected chi connectivity index (χ4v) is 2.05. The van der Waals surface area contributed by atoms with Gasteiger partial charge < -0.3 is 10.5 Å². The predicted octanol–water partition coefficient (Wildman–Crippen LogP) is 3.61. The normalized spacial score (nSPS) is 10.4. The summed E-state index contributed by atoms with van der Waals surface area (Å²) < 4.78 is 18.4. The Morgan fingerprint density at radius 1 is 1.22 bits per heavy atom. The Hall–Kier alpha value is -1.58. The summed E-state index contributed by atoms with van der Waals surface area (Å²) in [6.07, 6.45) is 0. The molecule has 0 bridgehead atoms. The van der Waals surface area contributed by atoms with Crippen LogP contribution in [0.1, 0.15) is 5.56 Å². The third-order valence-corrected chi connectivity index (χ3v) is 3.07. The highest BCUT2D eigenvalue weighted by atomic mass is 35.5. The quantitative estimate of drug-likeness (QED) is 0.920. The molecule has 0 atom stereocenters. The lowest BCUT2D eigenvalue weighted by atomic mass is 10.0. The number of halogens is 2. The van der Waals surface area contributed by atoms with Crippen molar-refractivity contribution in [3.63, 3.8) is 0 Å². The van der Waals surface area contributed by atoms with Crippen LogP contribution in [-0.2, 0) is 6.54 Å². The second kappa shape index (κ2) is 5.38. The second-order valence-corrected chi connectivity index (χ2v) is 4.26. The van der Waals surface area contributed by atoms with E-state index in [-0.39, 0.29) is 5.82 Å². The number of hydrogen-bond acceptors (Lipinski definition) is 2. The molecule has 0 fully saturated rings. The highest BCUT2D eigenvalue weighted by Gasteiger charge is 2.08. The molecule has 0 spiro atoms. The van der Waals surface area contributed by atoms with Gasteiger partial charge in [-0.3, -0.25) is 0 Å². The fraction of sp³-hybridized carbons (Fsp3) is 0.143. The van der Waals surface area contributed by atoms with Crippen LogP contribution in [0.3, 0.4) is 0 Å². The third kappa shape index (κ3) is 2.47. The van der Waals surface area contributed by atoms with Gasteiger partial charge in [0.25, 0.3) is 0 Å². The van der Waals surface area contributed by atoms with Crippen LogP contribution in [0, 0.1) is 5.82 Å². The van der Waals surface area contributed by atoms with Gasteiger partial charge in [-0.25, -0.2) is 4.39 Å². The zero-order chi connectivity index (χ0) is 13.1. The maximum absolute atomic E-state index is 13.3. The van der Waals surface area contributed by atoms with E-state index in [4.69, 9.17) is 22.1 Å². The predicted molar refractivity (Wildman–Crippen MR) is 71.3 cm³/mol. The number of hydrogen-bond donors (Lipinski definition) is 1. The van der Waals surface area contributed by atoms with Gasteiger partial charge in [-0.15, -0.1) is 0 Å². The number of methoxy groups -OCH3 is 1. The standard InChI is InChI=1S/C14H13ClFNO/c1-18-14-5-2-9(6-10(14)8-17)12-7-11(16)3-4-13(12)15/h2-7H,8,17H2,1H3. The van der Waals surface area contributed by atoms with Crippen molar-refractivity contribution in [2.24, 2.45) is 5.73 Å². The average molecular weight is 266 g/mol. The van der Waals surface area contributed by atoms with Crippen molar-refractivity contribution < 1.29 is 9.13 Å². The van der Waals surface area contributed by atoms with Gasteiger partial charge in [0.1, 0.15) is 11.6 Å². The van der Waals surface area contributed by atoms with E-state index in [0.717, 1.165) is 11.1 Å². The lowest BCUT2D eigenvalue weighted by Gasteiger charge is -2.10. The summed E-state index contributed by atoms with van der Waals surface area (Å²) in [7, 11) is 1.59. The number of rotatable bonds is 3. The number of nitrogens with two attached hydrogens (primary N) is 1. The van der Waals surface area contributed by atoms with E-state index in [1.165, 1.54) is 12.1 Å². The molecule has 2 aromatic carbocycles. The molecule has 0 amide bonds. The number of benzene rings is 2. The second-order valence-electron chi connectivity index (χ2n) is 3.85. The van der Waals surface area contributed by atoms with Gasteiger partial charge in [-0.05, 0) is 35.9 Å². The first-order valence-corrected chi connectivity index (χ1v) is 5.86. The molecule has 2 nitrogen and oxygen atoms in total. The minimum absolute atomic E-state index is 0.320. The van der Waals surface area contributed by atoms with Gasteiger partial charge in [-0.2, -0.15) is 0 Å². The van der Waals surface area contributed by atoms with Gasteiger partial charge in [-0.1, -0.05) is 17.7 Å². The Kier molecular flexibility index (Phi) is 3.84. The topological polar surface area (TPSA) is 35.2 Å². The van der Waals surface area contributed by atoms with Crippen molar-refractivity contribution in [2.45, 2.75) is 6.54 Å². The molecule has 0 unspecified atom stereocenters. The Morgan fingerprint density at radius 3 is 2.67 bits per heavy atom. The molecular formula is C14H13ClFNO. The van der Waals surface area contributed by atoms with E-state index in [1.807, 2.05) is 12.1 Å². The monoisotopic (exact) mass is 265 g/mol. The van der Waals surface area contributed by atoms with E-state index in [0.29, 0.717) is 22.9 Å². The van der Waals surface area contributed by atoms with E-state index in [1.54, 1.807) is 19.2 Å². The molecule has 0 aliphatic rings. The highest BCUT2D eigenvalue weighted by Crippen LogP contribution is 2.31. The maximum atomic E-state index is 13.3. The van der Waals surface area contributed by atoms with Crippen LogP contribution in [0.2, 0.25) is 5.02 Å². The van der Waals surface area contributed by atoms with Crippen LogP contribution in [0.25, 0.3) is 11.1 Å². The average Bonchev–Trinajstić information content (AvgIpc) is 2.40. The van der Waals surface area contributed by atoms with Crippen molar-refractivity contribution in [3.05, 3.63) is 52.8 Å². The van der Waals surface area contributed by atoms with Gasteiger partial charge in [0, 0.05) is 22.7 Å². The number of ether oxygens (including phenoxy) is 1. The summed E-state index contributed by atoms with van der Waals surface area (Å²) in [5.74, 6) is 0.397. The van der Waals surface area contributed by atoms with Gasteiger partial charge in [0.05, 0.1) is 7.11 Å². The molecule has 0 heterocycles. The largest absolute Gasteiger partial charge is 0.496 e. The zero-order valence-electron chi connectivity index (χ0n) is 9.91. The van der Waals surface area contributed by atoms with E-state index < -0.39 is 0 Å². The molecule has 0 saturated heterocycles. The Bertz CT molecular complexity index is 572. The van der Waals surface area contributed by atoms with Gasteiger partial charge in [0.2, 0.25) is 0 Å². The minimum Gasteiger partial charge on any atom is -0.496 e. The molecule has 2 N–H and O–H groups in total. The lowest BCUT2D eigenvalue weighted by molar-refractivity contribution is 0.410. The third-order valence-electron chi connectivity index (χ3n) is 2.74. The molecule has 2 rings (SSSR count). The molecular weight excluding hydrogens is 253 g/mol. The summed E-state index contributed by atoms with van der Waals surface area (Å²) in [6, 6.07) is 9.78. The van der Waals surface area contributed by atoms with E-state index >= 15 is 0 Å². The van der Waals surface area contributed by atoms with Crippen molar-refractivity contribution in [3.8, 4) is 16.9 Å². The SMILES string of the molecule is COc1ccc(-c2cc(F)ccc2Cl)cc1CN. The summed E-state index contributed by atoms with van der Waals surface area (Å²) in [5.41, 5.74) is 7.98. The van der Waals surface area contributed by atoms with Gasteiger partial charge >= 0.3 is 0 Å². The molecule has 2 aromatic rings. The van der Waals surface area contributed by atoms with Crippen LogP contribution in [0.15, 0.2) is 36.4 Å². The molecule has 0 radical (unpaired) electrons. The summed E-state index contributed by atoms with van der Waals surface area (Å²) in [6.45, 7) is 0.351. The molecule has 4 heteroatoms. The summed E-state index contributed by atoms with van der Waals surface area (Å²) in [4.78, 5) is 0. The molecule has 0 aromatic heterocycles. The lowest BCUT2D eigenvalue weighted by Crippen LogP contribution is -2.00. The molecule has 0 aliphatic carbocycles. The maximum Gasteiger partial charge on any atom is 0.123 e. The fourth-order valence-electron chi connectivity index (χ4n) is 1.82. The van der Waals surface area contributed by atoms with Crippen LogP contribution in [0.4, 0.5) is 4.39 Å². The first-order chi connectivity index (χ1) is 8.65. The first-order valence-electron chi connectivity index (χ1n) is 5.48. The van der Waals surface area contributed by atoms with E-state index in [2.05, 4.69) is 0 Å². The molecule has 94 valence electrons. The van der Waals surface area contributed by atoms with Crippen LogP contribution in [-0.4, -0.2) is 7.11 Å². The van der Waals surface area contributed by atoms with E-state index in [9.17, 15) is 4.39 Å². The van der Waals surface area contributed by atoms with Crippen molar-refractivity contribution in [1.29, 1.82) is 0 Å². The first kappa shape index (κ1) is 12.9. The smallest absolute Gasteiger partial charge is 0.123 e. The van der Waals surface area contributed by atoms with Crippen molar-refractivity contribution >= 4 is 11.6 Å². The summed E-state index contributed by atoms with van der Waals surface area (Å²) in [5, 5.41) is 0.504. The van der Waals surface area contributed by atoms with Crippen LogP contribution in [0.5, 0.6) is 5.75 Å². The van der Waals surface area contributed by atoms with Crippen LogP contribution < -0.4 is 10.5 Å². The molecule has 0 aliphatic heterocycles. The zero-order valence-corrected chi connectivity index (χ0v) is 10.7. The minimum atomic E-state index is -0.320. The molecule has 18 heavy (non-hydrogen) atoms. The van der Waals surface area contributed by atoms with Crippen molar-refractivity contribution in [2.75, 3.05) is 7.11 Å². The molecule has 0 saturated carbocycles. The Labute approximate surface area is 110 Å². The Morgan fingerprint density at radius 2 is 2.00 bits per heavy atom. The van der Waals surface area contributed by atoms with Crippen LogP contribution >= 0.6 is 11.6 Å². The Balaban J connectivity index is 2.54. The van der Waals surface area contributed by atoms with Crippen molar-refractivity contribution in [1.82, 2.24) is 0 Å². The van der Waals surface area contributed by atoms with Gasteiger partial charge in [0.15, 0.2) is 0 Å². The highest BCUT2D eigenvalue weighted by molar-refractivity contribution is 6.33.